The highest BCUT2D eigenvalue weighted by atomic mass is 19.4. The van der Waals surface area contributed by atoms with Crippen molar-refractivity contribution in [2.45, 2.75) is 24.9 Å². The molecule has 1 unspecified atom stereocenters. The van der Waals surface area contributed by atoms with Crippen molar-refractivity contribution in [3.8, 4) is 0 Å². The van der Waals surface area contributed by atoms with E-state index in [2.05, 4.69) is 20.3 Å². The van der Waals surface area contributed by atoms with Crippen LogP contribution in [0.2, 0.25) is 0 Å². The van der Waals surface area contributed by atoms with E-state index in [1.807, 2.05) is 0 Å². The molecule has 1 aliphatic heterocycles. The molecule has 3 rings (SSSR count). The fourth-order valence-electron chi connectivity index (χ4n) is 2.48. The third kappa shape index (κ3) is 1.80. The molecular weight excluding hydrogens is 257 g/mol. The highest BCUT2D eigenvalue weighted by Crippen LogP contribution is 2.44. The highest BCUT2D eigenvalue weighted by molar-refractivity contribution is 5.71. The standard InChI is InChI=1S/C12H13F3N4/c1-7-2-3-8-9(17-7)19-10(18-8)11(12(13,14)15)4-5-16-6-11/h2-3,16H,4-6H2,1H3,(H,17,18,19). The second kappa shape index (κ2) is 3.93. The summed E-state index contributed by atoms with van der Waals surface area (Å²) in [5.41, 5.74) is -0.320. The topological polar surface area (TPSA) is 53.6 Å². The van der Waals surface area contributed by atoms with Gasteiger partial charge in [0.2, 0.25) is 0 Å². The highest BCUT2D eigenvalue weighted by Gasteiger charge is 2.59. The van der Waals surface area contributed by atoms with Crippen LogP contribution in [0.3, 0.4) is 0 Å². The fraction of sp³-hybridized carbons (Fsp3) is 0.500. The molecule has 0 saturated carbocycles. The molecule has 0 spiro atoms. The predicted octanol–water partition coefficient (Wildman–Crippen LogP) is 2.06. The lowest BCUT2D eigenvalue weighted by atomic mass is 9.85. The minimum absolute atomic E-state index is 0.00466. The lowest BCUT2D eigenvalue weighted by Gasteiger charge is -2.28. The lowest BCUT2D eigenvalue weighted by Crippen LogP contribution is -2.45. The van der Waals surface area contributed by atoms with Crippen molar-refractivity contribution in [2.24, 2.45) is 0 Å². The summed E-state index contributed by atoms with van der Waals surface area (Å²) in [6.45, 7) is 1.97. The molecule has 2 aromatic rings. The number of aryl methyl sites for hydroxylation is 1. The van der Waals surface area contributed by atoms with Crippen molar-refractivity contribution >= 4 is 11.2 Å². The molecule has 19 heavy (non-hydrogen) atoms. The number of alkyl halides is 3. The maximum Gasteiger partial charge on any atom is 0.402 e. The monoisotopic (exact) mass is 270 g/mol. The van der Waals surface area contributed by atoms with Gasteiger partial charge in [0.25, 0.3) is 0 Å². The van der Waals surface area contributed by atoms with Crippen LogP contribution in [0.1, 0.15) is 17.9 Å². The first-order valence-corrected chi connectivity index (χ1v) is 6.04. The first-order valence-electron chi connectivity index (χ1n) is 6.04. The van der Waals surface area contributed by atoms with Crippen LogP contribution in [0.5, 0.6) is 0 Å². The molecule has 1 saturated heterocycles. The van der Waals surface area contributed by atoms with E-state index in [4.69, 9.17) is 0 Å². The van der Waals surface area contributed by atoms with Crippen LogP contribution in [-0.4, -0.2) is 34.2 Å². The van der Waals surface area contributed by atoms with Crippen molar-refractivity contribution in [3.63, 3.8) is 0 Å². The minimum Gasteiger partial charge on any atom is -0.340 e. The zero-order chi connectivity index (χ0) is 13.7. The molecule has 2 aromatic heterocycles. The Hall–Kier alpha value is -1.63. The van der Waals surface area contributed by atoms with E-state index in [-0.39, 0.29) is 18.8 Å². The summed E-state index contributed by atoms with van der Waals surface area (Å²) in [5, 5.41) is 2.77. The number of nitrogens with one attached hydrogen (secondary N) is 2. The molecule has 1 aliphatic rings. The number of nitrogens with zero attached hydrogens (tertiary/aromatic N) is 2. The van der Waals surface area contributed by atoms with Crippen molar-refractivity contribution < 1.29 is 13.2 Å². The number of aromatic amines is 1. The van der Waals surface area contributed by atoms with Crippen LogP contribution < -0.4 is 5.32 Å². The van der Waals surface area contributed by atoms with Gasteiger partial charge in [-0.1, -0.05) is 0 Å². The van der Waals surface area contributed by atoms with Crippen molar-refractivity contribution in [1.29, 1.82) is 0 Å². The molecule has 1 fully saturated rings. The number of fused-ring (bicyclic) bond motifs is 1. The van der Waals surface area contributed by atoms with Gasteiger partial charge in [0.1, 0.15) is 11.2 Å². The number of rotatable bonds is 1. The van der Waals surface area contributed by atoms with Crippen molar-refractivity contribution in [1.82, 2.24) is 20.3 Å². The Morgan fingerprint density at radius 1 is 1.26 bits per heavy atom. The SMILES string of the molecule is Cc1ccc2[nH]c(C3(C(F)(F)F)CCNC3)nc2n1. The van der Waals surface area contributed by atoms with Gasteiger partial charge in [0, 0.05) is 12.2 Å². The maximum absolute atomic E-state index is 13.4. The predicted molar refractivity (Wildman–Crippen MR) is 63.8 cm³/mol. The third-order valence-electron chi connectivity index (χ3n) is 3.64. The normalized spacial score (nSPS) is 24.2. The van der Waals surface area contributed by atoms with E-state index in [1.165, 1.54) is 0 Å². The van der Waals surface area contributed by atoms with Gasteiger partial charge in [-0.2, -0.15) is 13.2 Å². The Morgan fingerprint density at radius 2 is 2.05 bits per heavy atom. The number of pyridine rings is 1. The van der Waals surface area contributed by atoms with Gasteiger partial charge in [-0.15, -0.1) is 0 Å². The van der Waals surface area contributed by atoms with Gasteiger partial charge in [0.15, 0.2) is 5.65 Å². The lowest BCUT2D eigenvalue weighted by molar-refractivity contribution is -0.186. The summed E-state index contributed by atoms with van der Waals surface area (Å²) in [4.78, 5) is 11.0. The van der Waals surface area contributed by atoms with E-state index < -0.39 is 11.6 Å². The van der Waals surface area contributed by atoms with Crippen LogP contribution in [0.15, 0.2) is 12.1 Å². The van der Waals surface area contributed by atoms with Gasteiger partial charge >= 0.3 is 6.18 Å². The average molecular weight is 270 g/mol. The van der Waals surface area contributed by atoms with E-state index in [1.54, 1.807) is 19.1 Å². The van der Waals surface area contributed by atoms with E-state index in [0.717, 1.165) is 5.69 Å². The zero-order valence-corrected chi connectivity index (χ0v) is 10.3. The molecule has 3 heterocycles. The molecular formula is C12H13F3N4. The fourth-order valence-corrected chi connectivity index (χ4v) is 2.48. The molecule has 0 aliphatic carbocycles. The molecule has 0 radical (unpaired) electrons. The summed E-state index contributed by atoms with van der Waals surface area (Å²) in [6, 6.07) is 3.46. The number of hydrogen-bond donors (Lipinski definition) is 2. The van der Waals surface area contributed by atoms with Crippen molar-refractivity contribution in [3.05, 3.63) is 23.7 Å². The van der Waals surface area contributed by atoms with Gasteiger partial charge < -0.3 is 10.3 Å². The Morgan fingerprint density at radius 3 is 2.68 bits per heavy atom. The summed E-state index contributed by atoms with van der Waals surface area (Å²) in [6.07, 6.45) is -4.34. The van der Waals surface area contributed by atoms with E-state index >= 15 is 0 Å². The second-order valence-electron chi connectivity index (χ2n) is 4.92. The summed E-state index contributed by atoms with van der Waals surface area (Å²) < 4.78 is 40.2. The maximum atomic E-state index is 13.4. The molecule has 0 amide bonds. The van der Waals surface area contributed by atoms with Crippen LogP contribution in [0.25, 0.3) is 11.2 Å². The zero-order valence-electron chi connectivity index (χ0n) is 10.3. The summed E-state index contributed by atoms with van der Waals surface area (Å²) >= 11 is 0. The average Bonchev–Trinajstić information content (AvgIpc) is 2.93. The number of aromatic nitrogens is 3. The van der Waals surface area contributed by atoms with Crippen LogP contribution in [0, 0.1) is 6.92 Å². The molecule has 4 nitrogen and oxygen atoms in total. The smallest absolute Gasteiger partial charge is 0.340 e. The number of imidazole rings is 1. The number of H-pyrrole nitrogens is 1. The van der Waals surface area contributed by atoms with Crippen LogP contribution in [0.4, 0.5) is 13.2 Å². The second-order valence-corrected chi connectivity index (χ2v) is 4.92. The molecule has 0 aromatic carbocycles. The first-order chi connectivity index (χ1) is 8.92. The minimum atomic E-state index is -4.33. The molecule has 1 atom stereocenters. The Bertz CT molecular complexity index is 611. The quantitative estimate of drug-likeness (QED) is 0.834. The van der Waals surface area contributed by atoms with Crippen molar-refractivity contribution in [2.75, 3.05) is 13.1 Å². The van der Waals surface area contributed by atoms with Gasteiger partial charge in [-0.25, -0.2) is 9.97 Å². The third-order valence-corrected chi connectivity index (χ3v) is 3.64. The van der Waals surface area contributed by atoms with E-state index in [0.29, 0.717) is 17.7 Å². The van der Waals surface area contributed by atoms with Crippen LogP contribution >= 0.6 is 0 Å². The van der Waals surface area contributed by atoms with Gasteiger partial charge in [-0.3, -0.25) is 0 Å². The number of hydrogen-bond acceptors (Lipinski definition) is 3. The largest absolute Gasteiger partial charge is 0.402 e. The van der Waals surface area contributed by atoms with Gasteiger partial charge in [0.05, 0.1) is 5.52 Å². The summed E-state index contributed by atoms with van der Waals surface area (Å²) in [5.74, 6) is -0.0434. The van der Waals surface area contributed by atoms with Crippen LogP contribution in [-0.2, 0) is 5.41 Å². The summed E-state index contributed by atoms with van der Waals surface area (Å²) in [7, 11) is 0. The Kier molecular flexibility index (Phi) is 2.57. The Balaban J connectivity index is 2.16. The van der Waals surface area contributed by atoms with E-state index in [9.17, 15) is 13.2 Å². The molecule has 2 N–H and O–H groups in total. The molecule has 7 heteroatoms. The van der Waals surface area contributed by atoms with Gasteiger partial charge in [-0.05, 0) is 32.0 Å². The first kappa shape index (κ1) is 12.4. The Labute approximate surface area is 107 Å². The number of halogens is 3. The molecule has 0 bridgehead atoms. The molecule has 102 valence electrons.